The highest BCUT2D eigenvalue weighted by Gasteiger charge is 2.12. The molecule has 1 aromatic carbocycles. The second-order valence-electron chi connectivity index (χ2n) is 4.97. The molecular weight excluding hydrogens is 256 g/mol. The number of anilines is 1. The van der Waals surface area contributed by atoms with Crippen molar-refractivity contribution in [1.29, 1.82) is 0 Å². The van der Waals surface area contributed by atoms with Gasteiger partial charge >= 0.3 is 5.76 Å². The monoisotopic (exact) mass is 274 g/mol. The standard InChI is InChI=1S/C14H18N4O2/c1-17-13(16-20-14(17)19)11-3-5-12(6-4-11)18-9-2-7-15-8-10-18/h3-6,15H,2,7-10H2,1H3. The van der Waals surface area contributed by atoms with E-state index in [2.05, 4.69) is 32.0 Å². The van der Waals surface area contributed by atoms with Gasteiger partial charge in [0.25, 0.3) is 0 Å². The minimum Gasteiger partial charge on any atom is -0.370 e. The van der Waals surface area contributed by atoms with Crippen molar-refractivity contribution in [3.63, 3.8) is 0 Å². The van der Waals surface area contributed by atoms with E-state index in [0.717, 1.165) is 38.2 Å². The quantitative estimate of drug-likeness (QED) is 0.879. The summed E-state index contributed by atoms with van der Waals surface area (Å²) >= 11 is 0. The highest BCUT2D eigenvalue weighted by molar-refractivity contribution is 5.60. The first-order valence-electron chi connectivity index (χ1n) is 6.84. The van der Waals surface area contributed by atoms with Gasteiger partial charge in [0, 0.05) is 37.9 Å². The molecule has 1 N–H and O–H groups in total. The van der Waals surface area contributed by atoms with E-state index in [0.29, 0.717) is 5.82 Å². The summed E-state index contributed by atoms with van der Waals surface area (Å²) in [5, 5.41) is 7.19. The Morgan fingerprint density at radius 1 is 1.20 bits per heavy atom. The second kappa shape index (κ2) is 5.50. The van der Waals surface area contributed by atoms with E-state index in [1.165, 1.54) is 10.3 Å². The Balaban J connectivity index is 1.84. The average Bonchev–Trinajstić information content (AvgIpc) is 2.71. The van der Waals surface area contributed by atoms with Crippen LogP contribution in [0.15, 0.2) is 33.6 Å². The molecule has 1 aliphatic rings. The number of aromatic nitrogens is 2. The number of hydrogen-bond acceptors (Lipinski definition) is 5. The Morgan fingerprint density at radius 2 is 2.00 bits per heavy atom. The third-order valence-electron chi connectivity index (χ3n) is 3.63. The summed E-state index contributed by atoms with van der Waals surface area (Å²) in [4.78, 5) is 13.7. The van der Waals surface area contributed by atoms with Crippen molar-refractivity contribution < 1.29 is 4.52 Å². The Labute approximate surface area is 117 Å². The maximum absolute atomic E-state index is 11.3. The SMILES string of the molecule is Cn1c(-c2ccc(N3CCCNCC3)cc2)noc1=O. The summed E-state index contributed by atoms with van der Waals surface area (Å²) in [5.41, 5.74) is 2.08. The Bertz CT molecular complexity index is 621. The molecule has 6 nitrogen and oxygen atoms in total. The molecule has 0 amide bonds. The van der Waals surface area contributed by atoms with Gasteiger partial charge in [-0.15, -0.1) is 0 Å². The van der Waals surface area contributed by atoms with E-state index in [-0.39, 0.29) is 0 Å². The van der Waals surface area contributed by atoms with Gasteiger partial charge in [-0.2, -0.15) is 0 Å². The lowest BCUT2D eigenvalue weighted by Gasteiger charge is -2.22. The summed E-state index contributed by atoms with van der Waals surface area (Å²) in [5.74, 6) is 0.113. The molecule has 0 radical (unpaired) electrons. The van der Waals surface area contributed by atoms with E-state index < -0.39 is 5.76 Å². The number of nitrogens with one attached hydrogen (secondary N) is 1. The molecule has 106 valence electrons. The highest BCUT2D eigenvalue weighted by Crippen LogP contribution is 2.21. The zero-order valence-corrected chi connectivity index (χ0v) is 11.5. The minimum absolute atomic E-state index is 0.442. The maximum Gasteiger partial charge on any atom is 0.441 e. The van der Waals surface area contributed by atoms with Crippen molar-refractivity contribution in [3.8, 4) is 11.4 Å². The van der Waals surface area contributed by atoms with Crippen LogP contribution in [0.1, 0.15) is 6.42 Å². The molecule has 1 aliphatic heterocycles. The van der Waals surface area contributed by atoms with Crippen LogP contribution in [-0.2, 0) is 7.05 Å². The summed E-state index contributed by atoms with van der Waals surface area (Å²) in [6, 6.07) is 8.09. The van der Waals surface area contributed by atoms with Crippen LogP contribution in [-0.4, -0.2) is 35.9 Å². The normalized spacial score (nSPS) is 16.1. The fourth-order valence-electron chi connectivity index (χ4n) is 2.46. The summed E-state index contributed by atoms with van der Waals surface area (Å²) in [6.07, 6.45) is 1.15. The predicted octanol–water partition coefficient (Wildman–Crippen LogP) is 0.840. The first kappa shape index (κ1) is 12.9. The van der Waals surface area contributed by atoms with Gasteiger partial charge < -0.3 is 10.2 Å². The first-order valence-corrected chi connectivity index (χ1v) is 6.84. The van der Waals surface area contributed by atoms with Crippen molar-refractivity contribution in [2.75, 3.05) is 31.1 Å². The van der Waals surface area contributed by atoms with Crippen LogP contribution in [0.3, 0.4) is 0 Å². The molecule has 3 rings (SSSR count). The topological polar surface area (TPSA) is 63.3 Å². The molecule has 2 aromatic rings. The lowest BCUT2D eigenvalue weighted by Crippen LogP contribution is -2.27. The Kier molecular flexibility index (Phi) is 3.56. The molecule has 0 saturated carbocycles. The molecule has 1 saturated heterocycles. The number of rotatable bonds is 2. The average molecular weight is 274 g/mol. The smallest absolute Gasteiger partial charge is 0.370 e. The molecule has 1 fully saturated rings. The molecule has 0 aliphatic carbocycles. The Morgan fingerprint density at radius 3 is 2.70 bits per heavy atom. The van der Waals surface area contributed by atoms with Gasteiger partial charge in [0.1, 0.15) is 0 Å². The summed E-state index contributed by atoms with van der Waals surface area (Å²) in [6.45, 7) is 4.17. The van der Waals surface area contributed by atoms with Crippen LogP contribution in [0.4, 0.5) is 5.69 Å². The number of nitrogens with zero attached hydrogens (tertiary/aromatic N) is 3. The van der Waals surface area contributed by atoms with Crippen LogP contribution in [0.25, 0.3) is 11.4 Å². The molecule has 0 atom stereocenters. The molecule has 2 heterocycles. The second-order valence-corrected chi connectivity index (χ2v) is 4.97. The molecule has 1 aromatic heterocycles. The van der Waals surface area contributed by atoms with E-state index in [1.54, 1.807) is 7.05 Å². The van der Waals surface area contributed by atoms with Crippen molar-refractivity contribution in [2.24, 2.45) is 7.05 Å². The minimum atomic E-state index is -0.442. The van der Waals surface area contributed by atoms with Gasteiger partial charge in [-0.05, 0) is 37.2 Å². The van der Waals surface area contributed by atoms with Crippen LogP contribution in [0.5, 0.6) is 0 Å². The van der Waals surface area contributed by atoms with E-state index in [1.807, 2.05) is 12.1 Å². The van der Waals surface area contributed by atoms with Gasteiger partial charge in [-0.3, -0.25) is 9.09 Å². The van der Waals surface area contributed by atoms with Crippen molar-refractivity contribution in [3.05, 3.63) is 34.8 Å². The maximum atomic E-state index is 11.3. The first-order chi connectivity index (χ1) is 9.75. The van der Waals surface area contributed by atoms with Crippen molar-refractivity contribution in [1.82, 2.24) is 15.0 Å². The van der Waals surface area contributed by atoms with Crippen LogP contribution in [0, 0.1) is 0 Å². The van der Waals surface area contributed by atoms with Crippen molar-refractivity contribution in [2.45, 2.75) is 6.42 Å². The third kappa shape index (κ3) is 2.46. The summed E-state index contributed by atoms with van der Waals surface area (Å²) < 4.78 is 6.06. The molecule has 0 unspecified atom stereocenters. The van der Waals surface area contributed by atoms with Gasteiger partial charge in [-0.1, -0.05) is 5.16 Å². The molecular formula is C14H18N4O2. The lowest BCUT2D eigenvalue weighted by atomic mass is 10.2. The van der Waals surface area contributed by atoms with E-state index in [9.17, 15) is 4.79 Å². The zero-order chi connectivity index (χ0) is 13.9. The molecule has 0 spiro atoms. The van der Waals surface area contributed by atoms with E-state index in [4.69, 9.17) is 0 Å². The largest absolute Gasteiger partial charge is 0.441 e. The fraction of sp³-hybridized carbons (Fsp3) is 0.429. The van der Waals surface area contributed by atoms with Gasteiger partial charge in [0.15, 0.2) is 5.82 Å². The van der Waals surface area contributed by atoms with Crippen LogP contribution < -0.4 is 16.0 Å². The van der Waals surface area contributed by atoms with Gasteiger partial charge in [0.2, 0.25) is 0 Å². The van der Waals surface area contributed by atoms with Gasteiger partial charge in [0.05, 0.1) is 0 Å². The third-order valence-corrected chi connectivity index (χ3v) is 3.63. The fourth-order valence-corrected chi connectivity index (χ4v) is 2.46. The number of hydrogen-bond donors (Lipinski definition) is 1. The van der Waals surface area contributed by atoms with Gasteiger partial charge in [-0.25, -0.2) is 4.79 Å². The van der Waals surface area contributed by atoms with Crippen molar-refractivity contribution >= 4 is 5.69 Å². The predicted molar refractivity (Wildman–Crippen MR) is 76.9 cm³/mol. The van der Waals surface area contributed by atoms with Crippen LogP contribution >= 0.6 is 0 Å². The summed E-state index contributed by atoms with van der Waals surface area (Å²) in [7, 11) is 1.66. The van der Waals surface area contributed by atoms with Crippen LogP contribution in [0.2, 0.25) is 0 Å². The Hall–Kier alpha value is -2.08. The molecule has 0 bridgehead atoms. The highest BCUT2D eigenvalue weighted by atomic mass is 16.5. The zero-order valence-electron chi connectivity index (χ0n) is 11.5. The van der Waals surface area contributed by atoms with E-state index >= 15 is 0 Å². The number of benzene rings is 1. The molecule has 6 heteroatoms. The molecule has 20 heavy (non-hydrogen) atoms. The lowest BCUT2D eigenvalue weighted by molar-refractivity contribution is 0.380.